The lowest BCUT2D eigenvalue weighted by Gasteiger charge is -2.11. The van der Waals surface area contributed by atoms with E-state index in [0.29, 0.717) is 39.5 Å². The number of fused-ring (bicyclic) bond motifs is 1. The second-order valence-electron chi connectivity index (χ2n) is 6.61. The molecule has 0 bridgehead atoms. The average molecular weight is 435 g/mol. The van der Waals surface area contributed by atoms with E-state index < -0.39 is 10.0 Å². The summed E-state index contributed by atoms with van der Waals surface area (Å²) in [7, 11) is -2.04. The Morgan fingerprint density at radius 2 is 2.03 bits per heavy atom. The maximum absolute atomic E-state index is 12.3. The van der Waals surface area contributed by atoms with Gasteiger partial charge in [0.15, 0.2) is 0 Å². The summed E-state index contributed by atoms with van der Waals surface area (Å²) in [6.45, 7) is 3.16. The Morgan fingerprint density at radius 3 is 2.69 bits per heavy atom. The number of methoxy groups -OCH3 is 1. The molecule has 0 unspecified atom stereocenters. The van der Waals surface area contributed by atoms with Crippen molar-refractivity contribution in [2.75, 3.05) is 17.1 Å². The molecule has 1 amide bonds. The third-order valence-electron chi connectivity index (χ3n) is 4.23. The lowest BCUT2D eigenvalue weighted by Crippen LogP contribution is -2.18. The maximum Gasteiger partial charge on any atom is 0.238 e. The molecule has 3 aromatic heterocycles. The number of sulfonamides is 1. The summed E-state index contributed by atoms with van der Waals surface area (Å²) in [4.78, 5) is 29.2. The van der Waals surface area contributed by atoms with Crippen LogP contribution in [0.5, 0.6) is 5.88 Å². The molecule has 10 nitrogen and oxygen atoms in total. The Labute approximate surface area is 170 Å². The molecule has 4 rings (SSSR count). The van der Waals surface area contributed by atoms with E-state index in [-0.39, 0.29) is 28.7 Å². The number of rotatable bonds is 6. The van der Waals surface area contributed by atoms with Gasteiger partial charge in [0.1, 0.15) is 21.0 Å². The Balaban J connectivity index is 1.74. The molecule has 0 spiro atoms. The molecule has 0 radical (unpaired) electrons. The average Bonchev–Trinajstić information content (AvgIpc) is 3.42. The highest BCUT2D eigenvalue weighted by atomic mass is 32.2. The molecule has 2 N–H and O–H groups in total. The lowest BCUT2D eigenvalue weighted by molar-refractivity contribution is -0.114. The number of carbonyl (C=O) groups is 1. The number of hydrogen-bond acceptors (Lipinski definition) is 9. The Bertz CT molecular complexity index is 1220. The highest BCUT2D eigenvalue weighted by Gasteiger charge is 2.36. The molecule has 12 heteroatoms. The van der Waals surface area contributed by atoms with E-state index in [1.165, 1.54) is 25.4 Å². The summed E-state index contributed by atoms with van der Waals surface area (Å²) in [5.74, 6) is 0.131. The number of anilines is 2. The smallest absolute Gasteiger partial charge is 0.238 e. The Kier molecular flexibility index (Phi) is 4.82. The van der Waals surface area contributed by atoms with Crippen LogP contribution in [0.2, 0.25) is 0 Å². The number of aromatic nitrogens is 4. The van der Waals surface area contributed by atoms with E-state index >= 15 is 0 Å². The highest BCUT2D eigenvalue weighted by Crippen LogP contribution is 2.36. The van der Waals surface area contributed by atoms with Crippen LogP contribution < -0.4 is 14.8 Å². The van der Waals surface area contributed by atoms with Crippen LogP contribution in [0.25, 0.3) is 20.9 Å². The molecule has 1 fully saturated rings. The van der Waals surface area contributed by atoms with Crippen LogP contribution in [0.1, 0.15) is 25.5 Å². The number of nitrogens with zero attached hydrogens (tertiary/aromatic N) is 4. The molecular formula is C17H18N6O4S2. The van der Waals surface area contributed by atoms with Crippen molar-refractivity contribution >= 4 is 49.3 Å². The van der Waals surface area contributed by atoms with E-state index in [4.69, 9.17) is 4.74 Å². The summed E-state index contributed by atoms with van der Waals surface area (Å²) in [5, 5.41) is 2.79. The van der Waals surface area contributed by atoms with Gasteiger partial charge < -0.3 is 4.74 Å². The van der Waals surface area contributed by atoms with Crippen molar-refractivity contribution in [3.63, 3.8) is 0 Å². The largest absolute Gasteiger partial charge is 0.480 e. The maximum atomic E-state index is 12.3. The fourth-order valence-electron chi connectivity index (χ4n) is 2.71. The van der Waals surface area contributed by atoms with Crippen molar-refractivity contribution in [2.24, 2.45) is 0 Å². The number of hydrogen-bond donors (Lipinski definition) is 2. The molecule has 29 heavy (non-hydrogen) atoms. The van der Waals surface area contributed by atoms with E-state index in [9.17, 15) is 13.2 Å². The van der Waals surface area contributed by atoms with Crippen LogP contribution in [0.4, 0.5) is 11.6 Å². The normalized spacial score (nSPS) is 14.0. The first-order chi connectivity index (χ1) is 13.8. The van der Waals surface area contributed by atoms with Gasteiger partial charge in [0, 0.05) is 18.7 Å². The topological polar surface area (TPSA) is 136 Å². The van der Waals surface area contributed by atoms with Gasteiger partial charge in [-0.1, -0.05) is 11.3 Å². The van der Waals surface area contributed by atoms with Crippen LogP contribution in [-0.4, -0.2) is 46.6 Å². The second kappa shape index (κ2) is 7.19. The molecular weight excluding hydrogens is 416 g/mol. The van der Waals surface area contributed by atoms with Crippen molar-refractivity contribution in [2.45, 2.75) is 31.9 Å². The van der Waals surface area contributed by atoms with Crippen LogP contribution in [0.15, 0.2) is 12.3 Å². The number of amides is 1. The predicted molar refractivity (Wildman–Crippen MR) is 110 cm³/mol. The number of carbonyl (C=O) groups excluding carboxylic acids is 1. The second-order valence-corrected chi connectivity index (χ2v) is 9.55. The van der Waals surface area contributed by atoms with Gasteiger partial charge in [-0.2, -0.15) is 4.98 Å². The van der Waals surface area contributed by atoms with Crippen molar-refractivity contribution in [3.8, 4) is 16.5 Å². The summed E-state index contributed by atoms with van der Waals surface area (Å²) < 4.78 is 32.4. The van der Waals surface area contributed by atoms with Crippen molar-refractivity contribution in [1.82, 2.24) is 19.9 Å². The molecule has 1 aliphatic carbocycles. The summed E-state index contributed by atoms with van der Waals surface area (Å²) in [5.41, 5.74) is 2.10. The van der Waals surface area contributed by atoms with Gasteiger partial charge in [-0.15, -0.1) is 0 Å². The van der Waals surface area contributed by atoms with Crippen molar-refractivity contribution in [1.29, 1.82) is 0 Å². The third kappa shape index (κ3) is 3.98. The van der Waals surface area contributed by atoms with Gasteiger partial charge in [-0.25, -0.2) is 23.4 Å². The third-order valence-corrected chi connectivity index (χ3v) is 7.08. The molecule has 0 aliphatic heterocycles. The fraction of sp³-hybridized carbons (Fsp3) is 0.353. The van der Waals surface area contributed by atoms with Crippen molar-refractivity contribution < 1.29 is 17.9 Å². The predicted octanol–water partition coefficient (Wildman–Crippen LogP) is 2.33. The van der Waals surface area contributed by atoms with Crippen LogP contribution in [0, 0.1) is 6.92 Å². The fourth-order valence-corrected chi connectivity index (χ4v) is 5.06. The van der Waals surface area contributed by atoms with E-state index in [0.717, 1.165) is 0 Å². The van der Waals surface area contributed by atoms with Gasteiger partial charge >= 0.3 is 0 Å². The number of aryl methyl sites for hydroxylation is 1. The molecule has 0 atom stereocenters. The minimum absolute atomic E-state index is 0.183. The molecule has 3 heterocycles. The lowest BCUT2D eigenvalue weighted by atomic mass is 10.2. The zero-order valence-electron chi connectivity index (χ0n) is 15.9. The number of thiazole rings is 1. The molecule has 1 saturated carbocycles. The summed E-state index contributed by atoms with van der Waals surface area (Å²) in [6, 6.07) is 1.64. The quantitative estimate of drug-likeness (QED) is 0.603. The standard InChI is InChI=1S/C17H18N6O4S2/c1-8-13-16(22-17(19-8)20-9(2)24)28-15(21-13)10-6-12(14(27-3)18-7-10)23-29(25,26)11-4-5-11/h6-7,11,23H,4-5H2,1-3H3,(H,19,20,22,24). The molecule has 152 valence electrons. The van der Waals surface area contributed by atoms with Gasteiger partial charge in [0.25, 0.3) is 0 Å². The molecule has 3 aromatic rings. The molecule has 1 aliphatic rings. The monoisotopic (exact) mass is 434 g/mol. The Morgan fingerprint density at radius 1 is 1.28 bits per heavy atom. The first-order valence-corrected chi connectivity index (χ1v) is 11.1. The van der Waals surface area contributed by atoms with E-state index in [1.54, 1.807) is 19.2 Å². The number of ether oxygens (including phenoxy) is 1. The van der Waals surface area contributed by atoms with Gasteiger partial charge in [-0.05, 0) is 25.8 Å². The number of nitrogens with one attached hydrogen (secondary N) is 2. The molecule has 0 aromatic carbocycles. The van der Waals surface area contributed by atoms with Crippen LogP contribution in [0.3, 0.4) is 0 Å². The van der Waals surface area contributed by atoms with E-state index in [1.807, 2.05) is 0 Å². The summed E-state index contributed by atoms with van der Waals surface area (Å²) in [6.07, 6.45) is 2.86. The highest BCUT2D eigenvalue weighted by molar-refractivity contribution is 7.93. The van der Waals surface area contributed by atoms with E-state index in [2.05, 4.69) is 30.0 Å². The van der Waals surface area contributed by atoms with Gasteiger partial charge in [-0.3, -0.25) is 14.8 Å². The first kappa shape index (κ1) is 19.5. The SMILES string of the molecule is COc1ncc(-c2nc3c(C)nc(NC(C)=O)nc3s2)cc1NS(=O)(=O)C1CC1. The summed E-state index contributed by atoms with van der Waals surface area (Å²) >= 11 is 1.29. The minimum atomic E-state index is -3.47. The van der Waals surface area contributed by atoms with Crippen LogP contribution in [-0.2, 0) is 14.8 Å². The van der Waals surface area contributed by atoms with Gasteiger partial charge in [0.2, 0.25) is 27.8 Å². The zero-order valence-corrected chi connectivity index (χ0v) is 17.5. The minimum Gasteiger partial charge on any atom is -0.480 e. The first-order valence-electron chi connectivity index (χ1n) is 8.75. The van der Waals surface area contributed by atoms with Gasteiger partial charge in [0.05, 0.1) is 18.1 Å². The zero-order chi connectivity index (χ0) is 20.8. The van der Waals surface area contributed by atoms with Crippen LogP contribution >= 0.6 is 11.3 Å². The number of pyridine rings is 1. The Hall–Kier alpha value is -2.86. The van der Waals surface area contributed by atoms with Crippen molar-refractivity contribution in [3.05, 3.63) is 18.0 Å². The molecule has 0 saturated heterocycles.